The molecule has 0 aliphatic carbocycles. The Morgan fingerprint density at radius 3 is 2.72 bits per heavy atom. The van der Waals surface area contributed by atoms with Crippen molar-refractivity contribution in [1.82, 2.24) is 9.97 Å². The number of hydrazine groups is 1. The summed E-state index contributed by atoms with van der Waals surface area (Å²) in [6.07, 6.45) is 1.76. The number of pyridine rings is 2. The molecule has 2 aromatic rings. The lowest BCUT2D eigenvalue weighted by molar-refractivity contribution is 0.397. The predicted octanol–water partition coefficient (Wildman–Crippen LogP) is 1.38. The highest BCUT2D eigenvalue weighted by Crippen LogP contribution is 2.11. The van der Waals surface area contributed by atoms with E-state index in [2.05, 4.69) is 20.7 Å². The molecular formula is C12H15N5O. The molecule has 0 aliphatic heterocycles. The minimum atomic E-state index is 0.603. The van der Waals surface area contributed by atoms with Gasteiger partial charge in [-0.05, 0) is 17.7 Å². The Morgan fingerprint density at radius 2 is 2.06 bits per heavy atom. The number of aromatic nitrogens is 2. The van der Waals surface area contributed by atoms with Crippen molar-refractivity contribution in [2.45, 2.75) is 6.54 Å². The maximum absolute atomic E-state index is 5.29. The average Bonchev–Trinajstić information content (AvgIpc) is 2.46. The highest BCUT2D eigenvalue weighted by atomic mass is 16.5. The van der Waals surface area contributed by atoms with Gasteiger partial charge in [0.25, 0.3) is 0 Å². The van der Waals surface area contributed by atoms with Crippen LogP contribution in [0.15, 0.2) is 36.5 Å². The van der Waals surface area contributed by atoms with Crippen LogP contribution in [-0.2, 0) is 6.54 Å². The van der Waals surface area contributed by atoms with E-state index in [9.17, 15) is 0 Å². The SMILES string of the molecule is COc1ccc(CNc2cccc(NN)n2)cn1. The van der Waals surface area contributed by atoms with Gasteiger partial charge in [0, 0.05) is 18.8 Å². The van der Waals surface area contributed by atoms with Gasteiger partial charge in [0.15, 0.2) is 0 Å². The number of nitrogen functional groups attached to an aromatic ring is 1. The van der Waals surface area contributed by atoms with Gasteiger partial charge in [0.05, 0.1) is 7.11 Å². The highest BCUT2D eigenvalue weighted by Gasteiger charge is 1.98. The first-order valence-electron chi connectivity index (χ1n) is 5.48. The Balaban J connectivity index is 1.97. The Kier molecular flexibility index (Phi) is 3.93. The van der Waals surface area contributed by atoms with Gasteiger partial charge in [0.2, 0.25) is 5.88 Å². The number of methoxy groups -OCH3 is 1. The van der Waals surface area contributed by atoms with Crippen LogP contribution in [-0.4, -0.2) is 17.1 Å². The maximum atomic E-state index is 5.29. The van der Waals surface area contributed by atoms with E-state index in [-0.39, 0.29) is 0 Å². The van der Waals surface area contributed by atoms with Crippen LogP contribution in [0.3, 0.4) is 0 Å². The second-order valence-corrected chi connectivity index (χ2v) is 3.61. The van der Waals surface area contributed by atoms with Crippen LogP contribution in [0.4, 0.5) is 11.6 Å². The van der Waals surface area contributed by atoms with Crippen LogP contribution >= 0.6 is 0 Å². The minimum Gasteiger partial charge on any atom is -0.481 e. The standard InChI is InChI=1S/C12H15N5O/c1-18-12-6-5-9(8-15-12)7-14-10-3-2-4-11(16-10)17-13/h2-6,8H,7,13H2,1H3,(H2,14,16,17). The zero-order valence-electron chi connectivity index (χ0n) is 10.1. The molecule has 0 fully saturated rings. The summed E-state index contributed by atoms with van der Waals surface area (Å²) in [7, 11) is 1.59. The second-order valence-electron chi connectivity index (χ2n) is 3.61. The molecule has 94 valence electrons. The fraction of sp³-hybridized carbons (Fsp3) is 0.167. The molecule has 18 heavy (non-hydrogen) atoms. The number of anilines is 2. The lowest BCUT2D eigenvalue weighted by atomic mass is 10.3. The van der Waals surface area contributed by atoms with Gasteiger partial charge in [-0.2, -0.15) is 0 Å². The van der Waals surface area contributed by atoms with Crippen molar-refractivity contribution in [1.29, 1.82) is 0 Å². The summed E-state index contributed by atoms with van der Waals surface area (Å²) in [5.74, 6) is 7.27. The Morgan fingerprint density at radius 1 is 1.22 bits per heavy atom. The number of nitrogens with two attached hydrogens (primary N) is 1. The maximum Gasteiger partial charge on any atom is 0.212 e. The van der Waals surface area contributed by atoms with Crippen molar-refractivity contribution < 1.29 is 4.74 Å². The largest absolute Gasteiger partial charge is 0.481 e. The van der Waals surface area contributed by atoms with Crippen LogP contribution in [0, 0.1) is 0 Å². The normalized spacial score (nSPS) is 9.89. The zero-order chi connectivity index (χ0) is 12.8. The van der Waals surface area contributed by atoms with Crippen LogP contribution in [0.5, 0.6) is 5.88 Å². The molecule has 0 saturated carbocycles. The number of hydrogen-bond acceptors (Lipinski definition) is 6. The van der Waals surface area contributed by atoms with E-state index >= 15 is 0 Å². The second kappa shape index (κ2) is 5.83. The first kappa shape index (κ1) is 12.1. The van der Waals surface area contributed by atoms with E-state index < -0.39 is 0 Å². The molecule has 2 rings (SSSR count). The number of nitrogens with zero attached hydrogens (tertiary/aromatic N) is 2. The summed E-state index contributed by atoms with van der Waals surface area (Å²) in [5.41, 5.74) is 3.55. The van der Waals surface area contributed by atoms with Gasteiger partial charge < -0.3 is 15.5 Å². The van der Waals surface area contributed by atoms with E-state index in [1.165, 1.54) is 0 Å². The number of hydrogen-bond donors (Lipinski definition) is 3. The van der Waals surface area contributed by atoms with E-state index in [0.717, 1.165) is 11.4 Å². The van der Waals surface area contributed by atoms with Crippen molar-refractivity contribution in [2.75, 3.05) is 17.9 Å². The monoisotopic (exact) mass is 245 g/mol. The molecule has 0 bridgehead atoms. The third kappa shape index (κ3) is 3.08. The first-order chi connectivity index (χ1) is 8.81. The van der Waals surface area contributed by atoms with Gasteiger partial charge in [-0.1, -0.05) is 12.1 Å². The molecule has 0 aromatic carbocycles. The third-order valence-corrected chi connectivity index (χ3v) is 2.38. The summed E-state index contributed by atoms with van der Waals surface area (Å²) in [4.78, 5) is 8.38. The smallest absolute Gasteiger partial charge is 0.212 e. The number of nitrogens with one attached hydrogen (secondary N) is 2. The molecule has 2 aromatic heterocycles. The van der Waals surface area contributed by atoms with Crippen LogP contribution < -0.4 is 21.3 Å². The molecule has 4 N–H and O–H groups in total. The van der Waals surface area contributed by atoms with E-state index in [1.807, 2.05) is 24.3 Å². The van der Waals surface area contributed by atoms with Crippen molar-refractivity contribution in [3.05, 3.63) is 42.1 Å². The molecular weight excluding hydrogens is 230 g/mol. The molecule has 0 atom stereocenters. The van der Waals surface area contributed by atoms with Crippen molar-refractivity contribution >= 4 is 11.6 Å². The third-order valence-electron chi connectivity index (χ3n) is 2.38. The van der Waals surface area contributed by atoms with Crippen molar-refractivity contribution in [2.24, 2.45) is 5.84 Å². The topological polar surface area (TPSA) is 85.1 Å². The van der Waals surface area contributed by atoms with Gasteiger partial charge in [-0.25, -0.2) is 15.8 Å². The Hall–Kier alpha value is -2.34. The van der Waals surface area contributed by atoms with E-state index in [0.29, 0.717) is 18.2 Å². The summed E-state index contributed by atoms with van der Waals surface area (Å²) < 4.78 is 5.00. The number of rotatable bonds is 5. The molecule has 0 aliphatic rings. The summed E-state index contributed by atoms with van der Waals surface area (Å²) in [6.45, 7) is 0.637. The van der Waals surface area contributed by atoms with Gasteiger partial charge >= 0.3 is 0 Å². The average molecular weight is 245 g/mol. The van der Waals surface area contributed by atoms with E-state index in [1.54, 1.807) is 19.4 Å². The highest BCUT2D eigenvalue weighted by molar-refractivity contribution is 5.44. The molecule has 2 heterocycles. The minimum absolute atomic E-state index is 0.603. The Labute approximate surface area is 105 Å². The van der Waals surface area contributed by atoms with Gasteiger partial charge in [0.1, 0.15) is 11.6 Å². The van der Waals surface area contributed by atoms with Gasteiger partial charge in [-0.3, -0.25) is 0 Å². The van der Waals surface area contributed by atoms with Crippen LogP contribution in [0.2, 0.25) is 0 Å². The predicted molar refractivity (Wildman–Crippen MR) is 70.2 cm³/mol. The summed E-state index contributed by atoms with van der Waals surface area (Å²) in [5, 5.41) is 3.19. The molecule has 0 unspecified atom stereocenters. The van der Waals surface area contributed by atoms with E-state index in [4.69, 9.17) is 10.6 Å². The van der Waals surface area contributed by atoms with Crippen LogP contribution in [0.25, 0.3) is 0 Å². The lowest BCUT2D eigenvalue weighted by Crippen LogP contribution is -2.09. The van der Waals surface area contributed by atoms with Crippen LogP contribution in [0.1, 0.15) is 5.56 Å². The van der Waals surface area contributed by atoms with Gasteiger partial charge in [-0.15, -0.1) is 0 Å². The van der Waals surface area contributed by atoms with Crippen molar-refractivity contribution in [3.63, 3.8) is 0 Å². The fourth-order valence-electron chi connectivity index (χ4n) is 1.44. The molecule has 6 heteroatoms. The quantitative estimate of drug-likeness (QED) is 0.545. The first-order valence-corrected chi connectivity index (χ1v) is 5.48. The fourth-order valence-corrected chi connectivity index (χ4v) is 1.44. The molecule has 6 nitrogen and oxygen atoms in total. The molecule has 0 saturated heterocycles. The number of ether oxygens (including phenoxy) is 1. The lowest BCUT2D eigenvalue weighted by Gasteiger charge is -2.07. The van der Waals surface area contributed by atoms with Crippen molar-refractivity contribution in [3.8, 4) is 5.88 Å². The molecule has 0 spiro atoms. The zero-order valence-corrected chi connectivity index (χ0v) is 10.1. The molecule has 0 radical (unpaired) electrons. The molecule has 0 amide bonds. The summed E-state index contributed by atoms with van der Waals surface area (Å²) in [6, 6.07) is 9.31. The Bertz CT molecular complexity index is 500. The summed E-state index contributed by atoms with van der Waals surface area (Å²) >= 11 is 0.